The zero-order valence-corrected chi connectivity index (χ0v) is 15.1. The zero-order chi connectivity index (χ0) is 19.0. The molecule has 2 aliphatic rings. The topological polar surface area (TPSA) is 112 Å². The van der Waals surface area contributed by atoms with E-state index in [1.54, 1.807) is 4.90 Å². The number of fused-ring (bicyclic) bond motifs is 2. The minimum Gasteiger partial charge on any atom is -0.394 e. The minimum absolute atomic E-state index is 0.0588. The maximum atomic E-state index is 12.6. The van der Waals surface area contributed by atoms with Gasteiger partial charge in [-0.2, -0.15) is 0 Å². The van der Waals surface area contributed by atoms with E-state index in [2.05, 4.69) is 4.98 Å². The highest BCUT2D eigenvalue weighted by Crippen LogP contribution is 2.44. The standard InChI is InChI=1S/C20H24N4O3/c21-15(12-25)19(27)24-10-8-20(9-11-24)7-6-14-16(20)22-17(23-18(14)26)13-4-2-1-3-5-13/h1-5,15,25H,6-12,21H2,(H,22,23,26)/t15-/m0/s1. The lowest BCUT2D eigenvalue weighted by atomic mass is 9.76. The van der Waals surface area contributed by atoms with Gasteiger partial charge in [0.2, 0.25) is 5.91 Å². The van der Waals surface area contributed by atoms with Crippen LogP contribution in [0.25, 0.3) is 11.4 Å². The molecule has 0 saturated carbocycles. The number of likely N-dealkylation sites (tertiary alicyclic amines) is 1. The highest BCUT2D eigenvalue weighted by molar-refractivity contribution is 5.81. The first-order valence-electron chi connectivity index (χ1n) is 9.38. The Labute approximate surface area is 157 Å². The van der Waals surface area contributed by atoms with Gasteiger partial charge in [-0.15, -0.1) is 0 Å². The van der Waals surface area contributed by atoms with Crippen molar-refractivity contribution in [3.05, 3.63) is 51.9 Å². The maximum absolute atomic E-state index is 12.6. The number of hydrogen-bond acceptors (Lipinski definition) is 5. The third-order valence-electron chi connectivity index (χ3n) is 5.96. The Balaban J connectivity index is 1.63. The SMILES string of the molecule is N[C@@H](CO)C(=O)N1CCC2(CCc3c2nc(-c2ccccc2)[nH]c3=O)CC1. The summed E-state index contributed by atoms with van der Waals surface area (Å²) in [5.74, 6) is 0.385. The van der Waals surface area contributed by atoms with Gasteiger partial charge in [0.05, 0.1) is 12.3 Å². The van der Waals surface area contributed by atoms with Crippen molar-refractivity contribution in [2.24, 2.45) is 5.73 Å². The summed E-state index contributed by atoms with van der Waals surface area (Å²) >= 11 is 0. The molecule has 142 valence electrons. The van der Waals surface area contributed by atoms with E-state index in [0.717, 1.165) is 42.5 Å². The molecule has 27 heavy (non-hydrogen) atoms. The number of carbonyl (C=O) groups is 1. The predicted octanol–water partition coefficient (Wildman–Crippen LogP) is 0.563. The number of rotatable bonds is 3. The monoisotopic (exact) mass is 368 g/mol. The van der Waals surface area contributed by atoms with Gasteiger partial charge in [0.25, 0.3) is 5.56 Å². The van der Waals surface area contributed by atoms with Crippen molar-refractivity contribution in [2.45, 2.75) is 37.1 Å². The quantitative estimate of drug-likeness (QED) is 0.733. The molecule has 0 unspecified atom stereocenters. The van der Waals surface area contributed by atoms with Crippen molar-refractivity contribution >= 4 is 5.91 Å². The molecule has 4 N–H and O–H groups in total. The molecule has 1 amide bonds. The van der Waals surface area contributed by atoms with Crippen LogP contribution in [0.2, 0.25) is 0 Å². The van der Waals surface area contributed by atoms with Gasteiger partial charge in [0, 0.05) is 29.6 Å². The van der Waals surface area contributed by atoms with Crippen LogP contribution in [0.1, 0.15) is 30.5 Å². The van der Waals surface area contributed by atoms with Gasteiger partial charge in [0.15, 0.2) is 0 Å². The molecule has 7 nitrogen and oxygen atoms in total. The second-order valence-corrected chi connectivity index (χ2v) is 7.50. The molecule has 7 heteroatoms. The van der Waals surface area contributed by atoms with E-state index in [1.165, 1.54) is 0 Å². The van der Waals surface area contributed by atoms with Crippen molar-refractivity contribution in [3.8, 4) is 11.4 Å². The summed E-state index contributed by atoms with van der Waals surface area (Å²) < 4.78 is 0. The van der Waals surface area contributed by atoms with Crippen molar-refractivity contribution < 1.29 is 9.90 Å². The number of nitrogens with zero attached hydrogens (tertiary/aromatic N) is 2. The van der Waals surface area contributed by atoms with Crippen LogP contribution in [-0.2, 0) is 16.6 Å². The fraction of sp³-hybridized carbons (Fsp3) is 0.450. The number of benzene rings is 1. The second-order valence-electron chi connectivity index (χ2n) is 7.50. The van der Waals surface area contributed by atoms with Gasteiger partial charge in [0.1, 0.15) is 11.9 Å². The average molecular weight is 368 g/mol. The Kier molecular flexibility index (Phi) is 4.57. The summed E-state index contributed by atoms with van der Waals surface area (Å²) in [4.78, 5) is 34.4. The third kappa shape index (κ3) is 3.07. The highest BCUT2D eigenvalue weighted by Gasteiger charge is 2.45. The molecule has 1 fully saturated rings. The maximum Gasteiger partial charge on any atom is 0.254 e. The molecule has 1 aliphatic carbocycles. The first-order chi connectivity index (χ1) is 13.0. The molecule has 1 aromatic heterocycles. The number of aliphatic hydroxyl groups excluding tert-OH is 1. The Hall–Kier alpha value is -2.51. The van der Waals surface area contributed by atoms with Crippen LogP contribution >= 0.6 is 0 Å². The molecule has 1 aromatic carbocycles. The predicted molar refractivity (Wildman–Crippen MR) is 101 cm³/mol. The Morgan fingerprint density at radius 2 is 1.96 bits per heavy atom. The number of aliphatic hydroxyl groups is 1. The van der Waals surface area contributed by atoms with Crippen LogP contribution in [0.5, 0.6) is 0 Å². The number of nitrogens with two attached hydrogens (primary N) is 1. The molecule has 2 aromatic rings. The number of carbonyl (C=O) groups excluding carboxylic acids is 1. The van der Waals surface area contributed by atoms with Gasteiger partial charge >= 0.3 is 0 Å². The van der Waals surface area contributed by atoms with Gasteiger partial charge in [-0.05, 0) is 25.7 Å². The molecule has 4 rings (SSSR count). The van der Waals surface area contributed by atoms with Crippen LogP contribution in [0.4, 0.5) is 0 Å². The fourth-order valence-electron chi connectivity index (χ4n) is 4.34. The van der Waals surface area contributed by atoms with E-state index in [-0.39, 0.29) is 23.5 Å². The number of H-pyrrole nitrogens is 1. The summed E-state index contributed by atoms with van der Waals surface area (Å²) in [6.45, 7) is 0.795. The fourth-order valence-corrected chi connectivity index (χ4v) is 4.34. The van der Waals surface area contributed by atoms with E-state index in [0.29, 0.717) is 18.9 Å². The van der Waals surface area contributed by atoms with E-state index in [4.69, 9.17) is 15.8 Å². The molecule has 0 bridgehead atoms. The van der Waals surface area contributed by atoms with Crippen LogP contribution in [-0.4, -0.2) is 51.6 Å². The lowest BCUT2D eigenvalue weighted by Crippen LogP contribution is -2.51. The minimum atomic E-state index is -0.861. The molecule has 0 radical (unpaired) electrons. The molecule has 2 heterocycles. The van der Waals surface area contributed by atoms with Crippen LogP contribution in [0.3, 0.4) is 0 Å². The number of aromatic nitrogens is 2. The van der Waals surface area contributed by atoms with E-state index in [9.17, 15) is 9.59 Å². The van der Waals surface area contributed by atoms with Gasteiger partial charge in [-0.25, -0.2) is 4.98 Å². The lowest BCUT2D eigenvalue weighted by molar-refractivity contribution is -0.135. The average Bonchev–Trinajstić information content (AvgIpc) is 3.06. The molecule has 1 spiro atoms. The van der Waals surface area contributed by atoms with Crippen molar-refractivity contribution in [1.29, 1.82) is 0 Å². The van der Waals surface area contributed by atoms with E-state index in [1.807, 2.05) is 30.3 Å². The lowest BCUT2D eigenvalue weighted by Gasteiger charge is -2.40. The van der Waals surface area contributed by atoms with Gasteiger partial charge in [-0.3, -0.25) is 9.59 Å². The Bertz CT molecular complexity index is 901. The number of nitrogens with one attached hydrogen (secondary N) is 1. The summed E-state index contributed by atoms with van der Waals surface area (Å²) in [6, 6.07) is 8.79. The normalized spacial score (nSPS) is 19.1. The zero-order valence-electron chi connectivity index (χ0n) is 15.1. The van der Waals surface area contributed by atoms with Crippen molar-refractivity contribution in [2.75, 3.05) is 19.7 Å². The summed E-state index contributed by atoms with van der Waals surface area (Å²) in [6.07, 6.45) is 3.12. The third-order valence-corrected chi connectivity index (χ3v) is 5.96. The van der Waals surface area contributed by atoms with Gasteiger partial charge < -0.3 is 20.7 Å². The van der Waals surface area contributed by atoms with Crippen LogP contribution in [0, 0.1) is 0 Å². The summed E-state index contributed by atoms with van der Waals surface area (Å²) in [7, 11) is 0. The number of aromatic amines is 1. The number of hydrogen-bond donors (Lipinski definition) is 3. The number of piperidine rings is 1. The smallest absolute Gasteiger partial charge is 0.254 e. The molecular formula is C20H24N4O3. The Morgan fingerprint density at radius 1 is 1.26 bits per heavy atom. The largest absolute Gasteiger partial charge is 0.394 e. The first-order valence-corrected chi connectivity index (χ1v) is 9.38. The van der Waals surface area contributed by atoms with Crippen LogP contribution < -0.4 is 11.3 Å². The molecule has 1 saturated heterocycles. The van der Waals surface area contributed by atoms with E-state index >= 15 is 0 Å². The van der Waals surface area contributed by atoms with Crippen molar-refractivity contribution in [3.63, 3.8) is 0 Å². The van der Waals surface area contributed by atoms with E-state index < -0.39 is 6.04 Å². The molecule has 1 aliphatic heterocycles. The van der Waals surface area contributed by atoms with Crippen LogP contribution in [0.15, 0.2) is 35.1 Å². The van der Waals surface area contributed by atoms with Crippen molar-refractivity contribution in [1.82, 2.24) is 14.9 Å². The summed E-state index contributed by atoms with van der Waals surface area (Å²) in [5, 5.41) is 9.12. The highest BCUT2D eigenvalue weighted by atomic mass is 16.3. The first kappa shape index (κ1) is 17.9. The number of amides is 1. The summed E-state index contributed by atoms with van der Waals surface area (Å²) in [5.41, 5.74) is 8.02. The van der Waals surface area contributed by atoms with Gasteiger partial charge in [-0.1, -0.05) is 30.3 Å². The molecular weight excluding hydrogens is 344 g/mol. The second kappa shape index (κ2) is 6.90. The Morgan fingerprint density at radius 3 is 2.63 bits per heavy atom. The molecule has 1 atom stereocenters.